The molecular weight excluding hydrogens is 444 g/mol. The first kappa shape index (κ1) is 22.8. The molecule has 4 rings (SSSR count). The molecule has 0 atom stereocenters. The van der Waals surface area contributed by atoms with Gasteiger partial charge in [-0.15, -0.1) is 0 Å². The number of rotatable bonds is 6. The van der Waals surface area contributed by atoms with Gasteiger partial charge in [-0.05, 0) is 37.1 Å². The number of sulfonamides is 1. The zero-order chi connectivity index (χ0) is 23.6. The van der Waals surface area contributed by atoms with Gasteiger partial charge in [0.2, 0.25) is 10.0 Å². The summed E-state index contributed by atoms with van der Waals surface area (Å²) in [6.45, 7) is 0. The molecule has 1 aromatic heterocycles. The average Bonchev–Trinajstić information content (AvgIpc) is 3.44. The molecule has 33 heavy (non-hydrogen) atoms. The monoisotopic (exact) mass is 470 g/mol. The number of benzene rings is 2. The fourth-order valence-electron chi connectivity index (χ4n) is 4.13. The lowest BCUT2D eigenvalue weighted by Gasteiger charge is -2.16. The highest BCUT2D eigenvalue weighted by Gasteiger charge is 2.27. The molecule has 0 saturated heterocycles. The molecular formula is C23H26N4O5S. The highest BCUT2D eigenvalue weighted by Crippen LogP contribution is 2.27. The maximum atomic E-state index is 12.9. The molecule has 1 aliphatic carbocycles. The maximum Gasteiger partial charge on any atom is 0.271 e. The summed E-state index contributed by atoms with van der Waals surface area (Å²) < 4.78 is 35.6. The molecule has 0 aliphatic heterocycles. The number of nitrogens with zero attached hydrogens (tertiary/aromatic N) is 1. The van der Waals surface area contributed by atoms with Crippen molar-refractivity contribution >= 4 is 32.7 Å². The van der Waals surface area contributed by atoms with E-state index in [1.807, 2.05) is 35.9 Å². The van der Waals surface area contributed by atoms with Gasteiger partial charge < -0.3 is 9.30 Å². The van der Waals surface area contributed by atoms with Crippen molar-refractivity contribution in [1.29, 1.82) is 0 Å². The maximum absolute atomic E-state index is 12.9. The SMILES string of the molecule is COc1ccc(C(=O)NNC(=O)c2cn(C)c3ccccc23)cc1S(=O)(=O)NC1CCCC1. The van der Waals surface area contributed by atoms with E-state index in [1.165, 1.54) is 25.3 Å². The minimum Gasteiger partial charge on any atom is -0.495 e. The molecule has 9 nitrogen and oxygen atoms in total. The van der Waals surface area contributed by atoms with Gasteiger partial charge in [0, 0.05) is 35.8 Å². The summed E-state index contributed by atoms with van der Waals surface area (Å²) in [5.74, 6) is -0.996. The van der Waals surface area contributed by atoms with E-state index in [2.05, 4.69) is 15.6 Å². The number of carbonyl (C=O) groups excluding carboxylic acids is 2. The molecule has 0 radical (unpaired) electrons. The van der Waals surface area contributed by atoms with E-state index in [9.17, 15) is 18.0 Å². The Bertz CT molecular complexity index is 1310. The van der Waals surface area contributed by atoms with E-state index in [1.54, 1.807) is 6.20 Å². The first-order valence-electron chi connectivity index (χ1n) is 10.7. The normalized spacial score (nSPS) is 14.4. The molecule has 10 heteroatoms. The van der Waals surface area contributed by atoms with Crippen molar-refractivity contribution in [2.24, 2.45) is 7.05 Å². The Morgan fingerprint density at radius 2 is 1.73 bits per heavy atom. The second-order valence-corrected chi connectivity index (χ2v) is 9.73. The highest BCUT2D eigenvalue weighted by atomic mass is 32.2. The number of ether oxygens (including phenoxy) is 1. The van der Waals surface area contributed by atoms with Crippen LogP contribution in [-0.4, -0.2) is 38.0 Å². The number of methoxy groups -OCH3 is 1. The highest BCUT2D eigenvalue weighted by molar-refractivity contribution is 7.89. The lowest BCUT2D eigenvalue weighted by molar-refractivity contribution is 0.0847. The summed E-state index contributed by atoms with van der Waals surface area (Å²) in [7, 11) is -0.684. The lowest BCUT2D eigenvalue weighted by Crippen LogP contribution is -2.41. The third kappa shape index (κ3) is 4.71. The largest absolute Gasteiger partial charge is 0.495 e. The van der Waals surface area contributed by atoms with E-state index in [4.69, 9.17) is 4.74 Å². The van der Waals surface area contributed by atoms with Gasteiger partial charge in [-0.2, -0.15) is 0 Å². The topological polar surface area (TPSA) is 119 Å². The van der Waals surface area contributed by atoms with Gasteiger partial charge in [0.25, 0.3) is 11.8 Å². The molecule has 3 aromatic rings. The predicted octanol–water partition coefficient (Wildman–Crippen LogP) is 2.48. The van der Waals surface area contributed by atoms with Crippen molar-refractivity contribution in [2.45, 2.75) is 36.6 Å². The molecule has 1 saturated carbocycles. The first-order chi connectivity index (χ1) is 15.8. The van der Waals surface area contributed by atoms with E-state index in [0.717, 1.165) is 36.6 Å². The van der Waals surface area contributed by atoms with Crippen molar-refractivity contribution in [3.8, 4) is 5.75 Å². The number of amides is 2. The van der Waals surface area contributed by atoms with Crippen LogP contribution < -0.4 is 20.3 Å². The van der Waals surface area contributed by atoms with E-state index >= 15 is 0 Å². The zero-order valence-electron chi connectivity index (χ0n) is 18.4. The number of para-hydroxylation sites is 1. The molecule has 2 amide bonds. The van der Waals surface area contributed by atoms with Crippen LogP contribution in [0.4, 0.5) is 0 Å². The first-order valence-corrected chi connectivity index (χ1v) is 12.1. The molecule has 0 bridgehead atoms. The fraction of sp³-hybridized carbons (Fsp3) is 0.304. The summed E-state index contributed by atoms with van der Waals surface area (Å²) in [6, 6.07) is 11.4. The van der Waals surface area contributed by atoms with Crippen molar-refractivity contribution in [3.63, 3.8) is 0 Å². The summed E-state index contributed by atoms with van der Waals surface area (Å²) in [6.07, 6.45) is 5.19. The second kappa shape index (κ2) is 9.24. The molecule has 0 spiro atoms. The van der Waals surface area contributed by atoms with Gasteiger partial charge in [0.05, 0.1) is 12.7 Å². The Labute approximate surface area is 192 Å². The number of fused-ring (bicyclic) bond motifs is 1. The van der Waals surface area contributed by atoms with Crippen molar-refractivity contribution in [3.05, 3.63) is 59.8 Å². The van der Waals surface area contributed by atoms with E-state index in [0.29, 0.717) is 5.56 Å². The Morgan fingerprint density at radius 1 is 1.03 bits per heavy atom. The Hall–Kier alpha value is -3.37. The van der Waals surface area contributed by atoms with Gasteiger partial charge in [0.1, 0.15) is 10.6 Å². The Balaban J connectivity index is 1.51. The summed E-state index contributed by atoms with van der Waals surface area (Å²) in [4.78, 5) is 25.2. The molecule has 1 fully saturated rings. The van der Waals surface area contributed by atoms with Gasteiger partial charge >= 0.3 is 0 Å². The van der Waals surface area contributed by atoms with Crippen LogP contribution in [0.15, 0.2) is 53.6 Å². The third-order valence-corrected chi connectivity index (χ3v) is 7.37. The number of nitrogens with one attached hydrogen (secondary N) is 3. The second-order valence-electron chi connectivity index (χ2n) is 8.05. The van der Waals surface area contributed by atoms with Gasteiger partial charge in [-0.25, -0.2) is 13.1 Å². The quantitative estimate of drug-likeness (QED) is 0.479. The average molecular weight is 471 g/mol. The van der Waals surface area contributed by atoms with Gasteiger partial charge in [0.15, 0.2) is 0 Å². The summed E-state index contributed by atoms with van der Waals surface area (Å²) in [5.41, 5.74) is 6.12. The van der Waals surface area contributed by atoms with Crippen molar-refractivity contribution in [1.82, 2.24) is 20.1 Å². The van der Waals surface area contributed by atoms with Crippen LogP contribution in [0, 0.1) is 0 Å². The molecule has 2 aromatic carbocycles. The fourth-order valence-corrected chi connectivity index (χ4v) is 5.63. The van der Waals surface area contributed by atoms with Crippen LogP contribution in [-0.2, 0) is 17.1 Å². The Kier molecular flexibility index (Phi) is 6.39. The lowest BCUT2D eigenvalue weighted by atomic mass is 10.2. The molecule has 1 heterocycles. The van der Waals surface area contributed by atoms with Crippen LogP contribution in [0.25, 0.3) is 10.9 Å². The molecule has 0 unspecified atom stereocenters. The summed E-state index contributed by atoms with van der Waals surface area (Å²) in [5, 5.41) is 0.752. The standard InChI is InChI=1S/C23H26N4O5S/c1-27-14-18(17-9-5-6-10-19(17)27)23(29)25-24-22(28)15-11-12-20(32-2)21(13-15)33(30,31)26-16-7-3-4-8-16/h5-6,9-14,16,26H,3-4,7-8H2,1-2H3,(H,24,28)(H,25,29). The third-order valence-electron chi connectivity index (χ3n) is 5.82. The Morgan fingerprint density at radius 3 is 2.45 bits per heavy atom. The van der Waals surface area contributed by atoms with Gasteiger partial charge in [-0.1, -0.05) is 31.0 Å². The van der Waals surface area contributed by atoms with Crippen LogP contribution in [0.3, 0.4) is 0 Å². The number of carbonyl (C=O) groups is 2. The molecule has 1 aliphatic rings. The van der Waals surface area contributed by atoms with Crippen LogP contribution in [0.5, 0.6) is 5.75 Å². The van der Waals surface area contributed by atoms with Crippen LogP contribution in [0.2, 0.25) is 0 Å². The zero-order valence-corrected chi connectivity index (χ0v) is 19.2. The predicted molar refractivity (Wildman–Crippen MR) is 123 cm³/mol. The van der Waals surface area contributed by atoms with E-state index in [-0.39, 0.29) is 22.3 Å². The molecule has 174 valence electrons. The number of aryl methyl sites for hydroxylation is 1. The number of hydrogen-bond donors (Lipinski definition) is 3. The number of aromatic nitrogens is 1. The number of hydrazine groups is 1. The van der Waals surface area contributed by atoms with Crippen LogP contribution >= 0.6 is 0 Å². The van der Waals surface area contributed by atoms with E-state index < -0.39 is 21.8 Å². The minimum absolute atomic E-state index is 0.0702. The van der Waals surface area contributed by atoms with Gasteiger partial charge in [-0.3, -0.25) is 20.4 Å². The minimum atomic E-state index is -3.88. The van der Waals surface area contributed by atoms with Crippen molar-refractivity contribution < 1.29 is 22.7 Å². The summed E-state index contributed by atoms with van der Waals surface area (Å²) >= 11 is 0. The number of hydrogen-bond acceptors (Lipinski definition) is 5. The van der Waals surface area contributed by atoms with Crippen molar-refractivity contribution in [2.75, 3.05) is 7.11 Å². The van der Waals surface area contributed by atoms with Crippen LogP contribution in [0.1, 0.15) is 46.4 Å². The smallest absolute Gasteiger partial charge is 0.271 e. The molecule has 3 N–H and O–H groups in total.